The van der Waals surface area contributed by atoms with E-state index < -0.39 is 11.6 Å². The molecule has 4 rings (SSSR count). The number of urea groups is 1. The van der Waals surface area contributed by atoms with Gasteiger partial charge in [0.15, 0.2) is 0 Å². The van der Waals surface area contributed by atoms with Crippen LogP contribution < -0.4 is 15.5 Å². The average molecular weight is 372 g/mol. The van der Waals surface area contributed by atoms with Crippen molar-refractivity contribution in [1.29, 1.82) is 0 Å². The molecule has 144 valence electrons. The average Bonchev–Trinajstić information content (AvgIpc) is 3.49. The van der Waals surface area contributed by atoms with Gasteiger partial charge in [0.1, 0.15) is 12.1 Å². The Hall–Kier alpha value is -2.61. The summed E-state index contributed by atoms with van der Waals surface area (Å²) in [6.07, 6.45) is 1.85. The molecule has 1 unspecified atom stereocenters. The van der Waals surface area contributed by atoms with Gasteiger partial charge in [-0.2, -0.15) is 0 Å². The van der Waals surface area contributed by atoms with Gasteiger partial charge in [0.05, 0.1) is 24.6 Å². The number of rotatable bonds is 5. The van der Waals surface area contributed by atoms with Crippen LogP contribution in [0, 0.1) is 5.92 Å². The summed E-state index contributed by atoms with van der Waals surface area (Å²) in [7, 11) is 0. The van der Waals surface area contributed by atoms with Crippen LogP contribution in [0.5, 0.6) is 0 Å². The fraction of sp³-hybridized carbons (Fsp3) is 0.526. The van der Waals surface area contributed by atoms with Gasteiger partial charge in [-0.05, 0) is 37.8 Å². The highest BCUT2D eigenvalue weighted by Crippen LogP contribution is 2.42. The molecule has 0 radical (unpaired) electrons. The Morgan fingerprint density at radius 2 is 1.96 bits per heavy atom. The first-order chi connectivity index (χ1) is 13.0. The Kier molecular flexibility index (Phi) is 4.51. The zero-order valence-corrected chi connectivity index (χ0v) is 15.4. The van der Waals surface area contributed by atoms with E-state index in [1.54, 1.807) is 6.92 Å². The lowest BCUT2D eigenvalue weighted by molar-refractivity contribution is -0.134. The monoisotopic (exact) mass is 372 g/mol. The molecule has 4 amide bonds. The van der Waals surface area contributed by atoms with Crippen molar-refractivity contribution in [1.82, 2.24) is 10.2 Å². The van der Waals surface area contributed by atoms with Crippen LogP contribution in [0.25, 0.3) is 0 Å². The fourth-order valence-corrected chi connectivity index (χ4v) is 3.79. The molecule has 0 spiro atoms. The normalized spacial score (nSPS) is 25.5. The van der Waals surface area contributed by atoms with Crippen LogP contribution in [0.2, 0.25) is 0 Å². The highest BCUT2D eigenvalue weighted by Gasteiger charge is 2.56. The van der Waals surface area contributed by atoms with Crippen molar-refractivity contribution in [2.24, 2.45) is 5.92 Å². The summed E-state index contributed by atoms with van der Waals surface area (Å²) in [5.41, 5.74) is 0.707. The first kappa shape index (κ1) is 17.8. The van der Waals surface area contributed by atoms with Gasteiger partial charge < -0.3 is 20.3 Å². The number of ether oxygens (including phenoxy) is 1. The molecule has 2 N–H and O–H groups in total. The topological polar surface area (TPSA) is 91.0 Å². The standard InChI is InChI=1S/C19H24N4O4/c1-19(13-6-7-13)17(25)23(18(26)21-19)12-16(24)20-14-4-2-3-5-15(14)22-8-10-27-11-9-22/h2-5,13H,6-12H2,1H3,(H,20,24)(H,21,26). The van der Waals surface area contributed by atoms with Crippen LogP contribution in [-0.2, 0) is 14.3 Å². The number of nitrogens with zero attached hydrogens (tertiary/aromatic N) is 2. The van der Waals surface area contributed by atoms with Gasteiger partial charge in [-0.15, -0.1) is 0 Å². The van der Waals surface area contributed by atoms with E-state index in [-0.39, 0.29) is 24.3 Å². The number of hydrogen-bond acceptors (Lipinski definition) is 5. The first-order valence-electron chi connectivity index (χ1n) is 9.35. The van der Waals surface area contributed by atoms with E-state index in [4.69, 9.17) is 4.74 Å². The van der Waals surface area contributed by atoms with Crippen LogP contribution in [0.4, 0.5) is 16.2 Å². The molecule has 3 fully saturated rings. The number of carbonyl (C=O) groups is 3. The van der Waals surface area contributed by atoms with E-state index in [0.717, 1.165) is 36.5 Å². The molecule has 1 aliphatic carbocycles. The van der Waals surface area contributed by atoms with Crippen LogP contribution in [0.3, 0.4) is 0 Å². The molecule has 0 aromatic heterocycles. The molecule has 2 saturated heterocycles. The summed E-state index contributed by atoms with van der Waals surface area (Å²) in [4.78, 5) is 40.6. The van der Waals surface area contributed by atoms with E-state index in [0.29, 0.717) is 18.9 Å². The Bertz CT molecular complexity index is 773. The molecular weight excluding hydrogens is 348 g/mol. The smallest absolute Gasteiger partial charge is 0.325 e. The minimum Gasteiger partial charge on any atom is -0.378 e. The lowest BCUT2D eigenvalue weighted by Gasteiger charge is -2.30. The van der Waals surface area contributed by atoms with Crippen molar-refractivity contribution in [2.75, 3.05) is 43.1 Å². The lowest BCUT2D eigenvalue weighted by Crippen LogP contribution is -2.46. The Labute approximate surface area is 157 Å². The molecule has 8 heteroatoms. The largest absolute Gasteiger partial charge is 0.378 e. The number of imide groups is 1. The van der Waals surface area contributed by atoms with Gasteiger partial charge in [-0.1, -0.05) is 12.1 Å². The third-order valence-corrected chi connectivity index (χ3v) is 5.53. The third kappa shape index (κ3) is 3.37. The second kappa shape index (κ2) is 6.84. The summed E-state index contributed by atoms with van der Waals surface area (Å²) in [6, 6.07) is 7.03. The molecule has 2 heterocycles. The van der Waals surface area contributed by atoms with Crippen molar-refractivity contribution < 1.29 is 19.1 Å². The Morgan fingerprint density at radius 3 is 2.67 bits per heavy atom. The molecule has 0 bridgehead atoms. The number of hydrogen-bond donors (Lipinski definition) is 2. The van der Waals surface area contributed by atoms with Gasteiger partial charge in [-0.3, -0.25) is 14.5 Å². The second-order valence-corrected chi connectivity index (χ2v) is 7.46. The van der Waals surface area contributed by atoms with Crippen molar-refractivity contribution >= 4 is 29.2 Å². The number of morpholine rings is 1. The van der Waals surface area contributed by atoms with Crippen LogP contribution >= 0.6 is 0 Å². The molecular formula is C19H24N4O4. The van der Waals surface area contributed by atoms with Gasteiger partial charge in [-0.25, -0.2) is 4.79 Å². The fourth-order valence-electron chi connectivity index (χ4n) is 3.79. The maximum atomic E-state index is 12.7. The molecule has 1 aromatic rings. The zero-order chi connectivity index (χ0) is 19.0. The SMILES string of the molecule is CC1(C2CC2)NC(=O)N(CC(=O)Nc2ccccc2N2CCOCC2)C1=O. The summed E-state index contributed by atoms with van der Waals surface area (Å²) >= 11 is 0. The minimum atomic E-state index is -0.872. The van der Waals surface area contributed by atoms with Crippen molar-refractivity contribution in [3.63, 3.8) is 0 Å². The number of anilines is 2. The van der Waals surface area contributed by atoms with Crippen molar-refractivity contribution in [2.45, 2.75) is 25.3 Å². The van der Waals surface area contributed by atoms with E-state index in [1.165, 1.54) is 0 Å². The van der Waals surface area contributed by atoms with Crippen LogP contribution in [-0.4, -0.2) is 61.1 Å². The second-order valence-electron chi connectivity index (χ2n) is 7.46. The van der Waals surface area contributed by atoms with Crippen LogP contribution in [0.1, 0.15) is 19.8 Å². The molecule has 1 aromatic carbocycles. The molecule has 3 aliphatic rings. The summed E-state index contributed by atoms with van der Waals surface area (Å²) < 4.78 is 5.38. The number of nitrogens with one attached hydrogen (secondary N) is 2. The lowest BCUT2D eigenvalue weighted by atomic mass is 9.96. The number of benzene rings is 1. The first-order valence-corrected chi connectivity index (χ1v) is 9.35. The van der Waals surface area contributed by atoms with Crippen molar-refractivity contribution in [3.8, 4) is 0 Å². The van der Waals surface area contributed by atoms with Crippen LogP contribution in [0.15, 0.2) is 24.3 Å². The van der Waals surface area contributed by atoms with E-state index in [1.807, 2.05) is 24.3 Å². The van der Waals surface area contributed by atoms with E-state index in [9.17, 15) is 14.4 Å². The Morgan fingerprint density at radius 1 is 1.26 bits per heavy atom. The summed E-state index contributed by atoms with van der Waals surface area (Å²) in [5, 5.41) is 5.61. The van der Waals surface area contributed by atoms with E-state index in [2.05, 4.69) is 15.5 Å². The molecule has 1 saturated carbocycles. The number of para-hydroxylation sites is 2. The van der Waals surface area contributed by atoms with Gasteiger partial charge in [0.25, 0.3) is 5.91 Å². The zero-order valence-electron chi connectivity index (χ0n) is 15.4. The van der Waals surface area contributed by atoms with Gasteiger partial charge in [0.2, 0.25) is 5.91 Å². The number of amides is 4. The highest BCUT2D eigenvalue weighted by atomic mass is 16.5. The van der Waals surface area contributed by atoms with Crippen molar-refractivity contribution in [3.05, 3.63) is 24.3 Å². The van der Waals surface area contributed by atoms with Gasteiger partial charge >= 0.3 is 6.03 Å². The number of carbonyl (C=O) groups excluding carboxylic acids is 3. The minimum absolute atomic E-state index is 0.170. The predicted octanol–water partition coefficient (Wildman–Crippen LogP) is 1.18. The maximum absolute atomic E-state index is 12.7. The van der Waals surface area contributed by atoms with E-state index >= 15 is 0 Å². The third-order valence-electron chi connectivity index (χ3n) is 5.53. The predicted molar refractivity (Wildman–Crippen MR) is 99.5 cm³/mol. The quantitative estimate of drug-likeness (QED) is 0.758. The summed E-state index contributed by atoms with van der Waals surface area (Å²) in [5.74, 6) is -0.532. The Balaban J connectivity index is 1.44. The maximum Gasteiger partial charge on any atom is 0.325 e. The highest BCUT2D eigenvalue weighted by molar-refractivity contribution is 6.10. The molecule has 27 heavy (non-hydrogen) atoms. The molecule has 2 aliphatic heterocycles. The molecule has 1 atom stereocenters. The molecule has 8 nitrogen and oxygen atoms in total. The summed E-state index contributed by atoms with van der Waals surface area (Å²) in [6.45, 7) is 4.25. The van der Waals surface area contributed by atoms with Gasteiger partial charge in [0, 0.05) is 13.1 Å².